The quantitative estimate of drug-likeness (QED) is 0.456. The molecule has 3 aromatic rings. The first kappa shape index (κ1) is 21.0. The van der Waals surface area contributed by atoms with Crippen LogP contribution in [0.2, 0.25) is 0 Å². The van der Waals surface area contributed by atoms with Crippen molar-refractivity contribution in [3.63, 3.8) is 0 Å². The maximum atomic E-state index is 12.4. The summed E-state index contributed by atoms with van der Waals surface area (Å²) < 4.78 is 10.9. The minimum absolute atomic E-state index is 0.00145. The Morgan fingerprint density at radius 1 is 1.06 bits per heavy atom. The average Bonchev–Trinajstić information content (AvgIpc) is 3.21. The standard InChI is InChI=1S/C24H25N5O4/c30-23-15-32-21-7-6-17(13-20(21)28-23)29-14-18(33-24(29)31)9-10-25-11-12-26-22-8-5-16-3-1-2-4-19(16)27-22/h1-8,13,18,25H,9-12,14-15H2,(H,26,27)(H,28,30)/t18-/m1/s1. The number of aromatic nitrogens is 1. The fraction of sp³-hybridized carbons (Fsp3) is 0.292. The van der Waals surface area contributed by atoms with E-state index in [1.165, 1.54) is 0 Å². The third kappa shape index (κ3) is 4.83. The Hall–Kier alpha value is -3.85. The highest BCUT2D eigenvalue weighted by Crippen LogP contribution is 2.33. The number of hydrogen-bond donors (Lipinski definition) is 3. The van der Waals surface area contributed by atoms with Gasteiger partial charge in [0.2, 0.25) is 0 Å². The Morgan fingerprint density at radius 3 is 2.91 bits per heavy atom. The van der Waals surface area contributed by atoms with Crippen molar-refractivity contribution in [3.05, 3.63) is 54.6 Å². The summed E-state index contributed by atoms with van der Waals surface area (Å²) in [6.45, 7) is 2.70. The van der Waals surface area contributed by atoms with Crippen LogP contribution in [0.25, 0.3) is 10.9 Å². The smallest absolute Gasteiger partial charge is 0.414 e. The van der Waals surface area contributed by atoms with Gasteiger partial charge in [0.25, 0.3) is 5.91 Å². The summed E-state index contributed by atoms with van der Waals surface area (Å²) in [6.07, 6.45) is 0.135. The summed E-state index contributed by atoms with van der Waals surface area (Å²) in [4.78, 5) is 30.1. The van der Waals surface area contributed by atoms with Gasteiger partial charge in [-0.05, 0) is 49.4 Å². The van der Waals surface area contributed by atoms with Crippen molar-refractivity contribution in [1.82, 2.24) is 10.3 Å². The first-order valence-electron chi connectivity index (χ1n) is 11.0. The molecule has 2 amide bonds. The second kappa shape index (κ2) is 9.33. The fourth-order valence-corrected chi connectivity index (χ4v) is 3.95. The van der Waals surface area contributed by atoms with Crippen molar-refractivity contribution >= 4 is 40.1 Å². The third-order valence-electron chi connectivity index (χ3n) is 5.63. The fourth-order valence-electron chi connectivity index (χ4n) is 3.95. The Bertz CT molecular complexity index is 1180. The summed E-state index contributed by atoms with van der Waals surface area (Å²) in [5.41, 5.74) is 2.21. The van der Waals surface area contributed by atoms with Crippen LogP contribution < -0.4 is 25.6 Å². The van der Waals surface area contributed by atoms with Gasteiger partial charge in [-0.2, -0.15) is 0 Å². The second-order valence-corrected chi connectivity index (χ2v) is 7.99. The van der Waals surface area contributed by atoms with Crippen LogP contribution in [0.4, 0.5) is 22.0 Å². The molecule has 33 heavy (non-hydrogen) atoms. The van der Waals surface area contributed by atoms with E-state index in [9.17, 15) is 9.59 Å². The molecule has 1 atom stereocenters. The average molecular weight is 447 g/mol. The summed E-state index contributed by atoms with van der Waals surface area (Å²) in [6, 6.07) is 17.4. The van der Waals surface area contributed by atoms with E-state index in [2.05, 4.69) is 27.0 Å². The van der Waals surface area contributed by atoms with Gasteiger partial charge in [-0.1, -0.05) is 18.2 Å². The van der Waals surface area contributed by atoms with Gasteiger partial charge in [-0.3, -0.25) is 9.69 Å². The van der Waals surface area contributed by atoms with Crippen LogP contribution in [0.1, 0.15) is 6.42 Å². The van der Waals surface area contributed by atoms with Crippen LogP contribution >= 0.6 is 0 Å². The van der Waals surface area contributed by atoms with Crippen LogP contribution in [0.5, 0.6) is 5.75 Å². The number of nitrogens with zero attached hydrogens (tertiary/aromatic N) is 2. The number of ether oxygens (including phenoxy) is 2. The maximum Gasteiger partial charge on any atom is 0.414 e. The number of rotatable bonds is 8. The lowest BCUT2D eigenvalue weighted by Gasteiger charge is -2.20. The topological polar surface area (TPSA) is 105 Å². The second-order valence-electron chi connectivity index (χ2n) is 7.99. The van der Waals surface area contributed by atoms with Gasteiger partial charge in [-0.25, -0.2) is 9.78 Å². The number of carbonyl (C=O) groups is 2. The summed E-state index contributed by atoms with van der Waals surface area (Å²) in [7, 11) is 0. The normalized spacial score (nSPS) is 17.3. The number of para-hydroxylation sites is 1. The molecule has 3 heterocycles. The zero-order valence-electron chi connectivity index (χ0n) is 18.0. The Kier molecular flexibility index (Phi) is 5.95. The largest absolute Gasteiger partial charge is 0.482 e. The molecule has 0 bridgehead atoms. The molecule has 170 valence electrons. The summed E-state index contributed by atoms with van der Waals surface area (Å²) in [5.74, 6) is 1.24. The SMILES string of the molecule is O=C1COc2ccc(N3C[C@@H](CCNCCNc4ccc5ccccc5n4)OC3=O)cc2N1. The van der Waals surface area contributed by atoms with Crippen LogP contribution in [0.3, 0.4) is 0 Å². The molecular formula is C24H25N5O4. The number of amides is 2. The predicted molar refractivity (Wildman–Crippen MR) is 126 cm³/mol. The first-order chi connectivity index (χ1) is 16.2. The number of benzene rings is 2. The molecule has 3 N–H and O–H groups in total. The van der Waals surface area contributed by atoms with Crippen molar-refractivity contribution in [2.45, 2.75) is 12.5 Å². The number of anilines is 3. The zero-order valence-corrected chi connectivity index (χ0v) is 18.0. The molecule has 0 aliphatic carbocycles. The molecule has 5 rings (SSSR count). The van der Waals surface area contributed by atoms with Crippen LogP contribution in [-0.2, 0) is 9.53 Å². The maximum absolute atomic E-state index is 12.4. The van der Waals surface area contributed by atoms with E-state index in [1.54, 1.807) is 23.1 Å². The van der Waals surface area contributed by atoms with E-state index in [1.807, 2.05) is 30.3 Å². The van der Waals surface area contributed by atoms with Gasteiger partial charge in [-0.15, -0.1) is 0 Å². The molecule has 1 fully saturated rings. The lowest BCUT2D eigenvalue weighted by Crippen LogP contribution is -2.29. The predicted octanol–water partition coefficient (Wildman–Crippen LogP) is 2.98. The molecule has 0 spiro atoms. The Morgan fingerprint density at radius 2 is 1.97 bits per heavy atom. The van der Waals surface area contributed by atoms with E-state index in [0.717, 1.165) is 36.4 Å². The minimum Gasteiger partial charge on any atom is -0.482 e. The first-order valence-corrected chi connectivity index (χ1v) is 11.0. The number of carbonyl (C=O) groups excluding carboxylic acids is 2. The molecule has 2 aliphatic rings. The van der Waals surface area contributed by atoms with Gasteiger partial charge in [0.1, 0.15) is 17.7 Å². The van der Waals surface area contributed by atoms with Gasteiger partial charge < -0.3 is 25.4 Å². The number of pyridine rings is 1. The molecule has 1 aromatic heterocycles. The monoisotopic (exact) mass is 447 g/mol. The van der Waals surface area contributed by atoms with Crippen LogP contribution in [0.15, 0.2) is 54.6 Å². The van der Waals surface area contributed by atoms with E-state index < -0.39 is 0 Å². The molecule has 2 aliphatic heterocycles. The van der Waals surface area contributed by atoms with E-state index >= 15 is 0 Å². The van der Waals surface area contributed by atoms with Gasteiger partial charge in [0.05, 0.1) is 17.7 Å². The summed E-state index contributed by atoms with van der Waals surface area (Å²) in [5, 5.41) is 10.6. The van der Waals surface area contributed by atoms with E-state index in [0.29, 0.717) is 30.1 Å². The molecule has 1 saturated heterocycles. The molecule has 0 radical (unpaired) electrons. The Labute approximate surface area is 191 Å². The molecule has 0 saturated carbocycles. The zero-order chi connectivity index (χ0) is 22.6. The minimum atomic E-state index is -0.382. The molecule has 9 nitrogen and oxygen atoms in total. The van der Waals surface area contributed by atoms with Crippen LogP contribution in [-0.4, -0.2) is 55.9 Å². The lowest BCUT2D eigenvalue weighted by molar-refractivity contribution is -0.118. The number of nitrogens with one attached hydrogen (secondary N) is 3. The number of cyclic esters (lactones) is 1. The highest BCUT2D eigenvalue weighted by Gasteiger charge is 2.32. The van der Waals surface area contributed by atoms with Gasteiger partial charge >= 0.3 is 6.09 Å². The molecular weight excluding hydrogens is 422 g/mol. The third-order valence-corrected chi connectivity index (χ3v) is 5.63. The van der Waals surface area contributed by atoms with Crippen molar-refractivity contribution in [2.75, 3.05) is 48.3 Å². The van der Waals surface area contributed by atoms with Crippen LogP contribution in [0, 0.1) is 0 Å². The van der Waals surface area contributed by atoms with E-state index in [4.69, 9.17) is 9.47 Å². The Balaban J connectivity index is 1.05. The van der Waals surface area contributed by atoms with Crippen molar-refractivity contribution in [1.29, 1.82) is 0 Å². The lowest BCUT2D eigenvalue weighted by atomic mass is 10.2. The highest BCUT2D eigenvalue weighted by molar-refractivity contribution is 5.97. The van der Waals surface area contributed by atoms with Crippen molar-refractivity contribution in [2.24, 2.45) is 0 Å². The molecule has 9 heteroatoms. The number of hydrogen-bond acceptors (Lipinski definition) is 7. The highest BCUT2D eigenvalue weighted by atomic mass is 16.6. The molecule has 0 unspecified atom stereocenters. The number of fused-ring (bicyclic) bond motifs is 2. The summed E-state index contributed by atoms with van der Waals surface area (Å²) >= 11 is 0. The van der Waals surface area contributed by atoms with Gasteiger partial charge in [0, 0.05) is 24.2 Å². The van der Waals surface area contributed by atoms with Crippen molar-refractivity contribution < 1.29 is 19.1 Å². The molecule has 2 aromatic carbocycles. The van der Waals surface area contributed by atoms with Crippen molar-refractivity contribution in [3.8, 4) is 5.75 Å². The van der Waals surface area contributed by atoms with E-state index in [-0.39, 0.29) is 24.7 Å². The van der Waals surface area contributed by atoms with Gasteiger partial charge in [0.15, 0.2) is 6.61 Å².